The molecule has 0 saturated carbocycles. The van der Waals surface area contributed by atoms with Crippen LogP contribution in [0.5, 0.6) is 11.5 Å². The minimum absolute atomic E-state index is 0.153. The summed E-state index contributed by atoms with van der Waals surface area (Å²) in [6, 6.07) is 14.6. The highest BCUT2D eigenvalue weighted by atomic mass is 35.5. The molecule has 2 N–H and O–H groups in total. The first-order chi connectivity index (χ1) is 20.1. The summed E-state index contributed by atoms with van der Waals surface area (Å²) in [5.41, 5.74) is 5.24. The average molecular weight is 631 g/mol. The van der Waals surface area contributed by atoms with E-state index in [1.165, 1.54) is 6.21 Å². The summed E-state index contributed by atoms with van der Waals surface area (Å²) in [4.78, 5) is 25.7. The van der Waals surface area contributed by atoms with Crippen LogP contribution in [0.25, 0.3) is 0 Å². The molecule has 0 aliphatic carbocycles. The van der Waals surface area contributed by atoms with E-state index in [1.54, 1.807) is 48.5 Å². The third-order valence-electron chi connectivity index (χ3n) is 6.03. The lowest BCUT2D eigenvalue weighted by Gasteiger charge is -2.19. The molecule has 42 heavy (non-hydrogen) atoms. The molecular formula is C32H34Cl3N3O4. The number of carbonyl (C=O) groups excluding carboxylic acids is 2. The van der Waals surface area contributed by atoms with Gasteiger partial charge in [0.15, 0.2) is 11.5 Å². The number of rotatable bonds is 14. The standard InChI is InChI=1S/C32H34Cl3N3O4/c1-5-7-23-15-21(16-29(41-6-2)30(23)42-19-24-10-13-26(34)17-27(24)35)18-36-38-32(40)28(14-20(3)4)37-31(39)22-8-11-25(33)12-9-22/h5,8-13,15-18,20,28H,1,6-7,14,19H2,2-4H3,(H,37,39)(H,38,40)/b36-18+. The summed E-state index contributed by atoms with van der Waals surface area (Å²) in [6.07, 6.45) is 4.21. The van der Waals surface area contributed by atoms with Crippen LogP contribution in [0.3, 0.4) is 0 Å². The van der Waals surface area contributed by atoms with E-state index in [1.807, 2.05) is 32.9 Å². The molecule has 1 unspecified atom stereocenters. The lowest BCUT2D eigenvalue weighted by atomic mass is 10.0. The minimum atomic E-state index is -0.781. The number of allylic oxidation sites excluding steroid dienone is 1. The van der Waals surface area contributed by atoms with Gasteiger partial charge in [0, 0.05) is 31.8 Å². The monoisotopic (exact) mass is 629 g/mol. The summed E-state index contributed by atoms with van der Waals surface area (Å²) in [5.74, 6) is 0.426. The minimum Gasteiger partial charge on any atom is -0.490 e. The van der Waals surface area contributed by atoms with E-state index < -0.39 is 11.9 Å². The molecule has 0 bridgehead atoms. The number of hydrogen-bond acceptors (Lipinski definition) is 5. The van der Waals surface area contributed by atoms with Crippen LogP contribution in [-0.4, -0.2) is 30.7 Å². The molecule has 3 aromatic rings. The number of halogens is 3. The number of ether oxygens (including phenoxy) is 2. The zero-order valence-electron chi connectivity index (χ0n) is 23.8. The van der Waals surface area contributed by atoms with E-state index in [2.05, 4.69) is 22.4 Å². The molecule has 0 aliphatic heterocycles. The Morgan fingerprint density at radius 2 is 1.69 bits per heavy atom. The van der Waals surface area contributed by atoms with Gasteiger partial charge in [0.1, 0.15) is 12.6 Å². The number of hydrogen-bond donors (Lipinski definition) is 2. The molecule has 3 aromatic carbocycles. The zero-order valence-corrected chi connectivity index (χ0v) is 26.0. The van der Waals surface area contributed by atoms with Crippen molar-refractivity contribution in [3.8, 4) is 11.5 Å². The summed E-state index contributed by atoms with van der Waals surface area (Å²) in [7, 11) is 0. The van der Waals surface area contributed by atoms with Crippen molar-refractivity contribution in [2.75, 3.05) is 6.61 Å². The van der Waals surface area contributed by atoms with Crippen LogP contribution in [0.1, 0.15) is 54.2 Å². The largest absolute Gasteiger partial charge is 0.490 e. The predicted molar refractivity (Wildman–Crippen MR) is 170 cm³/mol. The van der Waals surface area contributed by atoms with Crippen molar-refractivity contribution in [3.05, 3.63) is 105 Å². The highest BCUT2D eigenvalue weighted by molar-refractivity contribution is 6.35. The predicted octanol–water partition coefficient (Wildman–Crippen LogP) is 7.65. The fraction of sp³-hybridized carbons (Fsp3) is 0.281. The van der Waals surface area contributed by atoms with Gasteiger partial charge in [-0.1, -0.05) is 60.8 Å². The van der Waals surface area contributed by atoms with Gasteiger partial charge in [-0.05, 0) is 79.8 Å². The van der Waals surface area contributed by atoms with E-state index in [4.69, 9.17) is 44.3 Å². The SMILES string of the molecule is C=CCc1cc(/C=N/NC(=O)C(CC(C)C)NC(=O)c2ccc(Cl)cc2)cc(OCC)c1OCc1ccc(Cl)cc1Cl. The third-order valence-corrected chi connectivity index (χ3v) is 6.87. The third kappa shape index (κ3) is 9.79. The van der Waals surface area contributed by atoms with Crippen molar-refractivity contribution in [1.82, 2.24) is 10.7 Å². The first-order valence-electron chi connectivity index (χ1n) is 13.5. The number of nitrogens with zero attached hydrogens (tertiary/aromatic N) is 1. The van der Waals surface area contributed by atoms with Gasteiger partial charge in [-0.3, -0.25) is 9.59 Å². The average Bonchev–Trinajstić information content (AvgIpc) is 2.93. The van der Waals surface area contributed by atoms with Gasteiger partial charge >= 0.3 is 0 Å². The van der Waals surface area contributed by atoms with Gasteiger partial charge in [0.05, 0.1) is 12.8 Å². The second-order valence-electron chi connectivity index (χ2n) is 9.85. The van der Waals surface area contributed by atoms with Gasteiger partial charge in [0.2, 0.25) is 0 Å². The normalized spacial score (nSPS) is 11.8. The first-order valence-corrected chi connectivity index (χ1v) is 14.6. The first kappa shape index (κ1) is 33.0. The Morgan fingerprint density at radius 3 is 2.33 bits per heavy atom. The number of carbonyl (C=O) groups is 2. The Bertz CT molecular complexity index is 1430. The van der Waals surface area contributed by atoms with E-state index in [0.29, 0.717) is 57.1 Å². The van der Waals surface area contributed by atoms with Crippen molar-refractivity contribution in [1.29, 1.82) is 0 Å². The van der Waals surface area contributed by atoms with Gasteiger partial charge < -0.3 is 14.8 Å². The second-order valence-corrected chi connectivity index (χ2v) is 11.1. The Kier molecular flexibility index (Phi) is 12.7. The molecule has 0 radical (unpaired) electrons. The van der Waals surface area contributed by atoms with Crippen LogP contribution < -0.4 is 20.2 Å². The summed E-state index contributed by atoms with van der Waals surface area (Å²) < 4.78 is 12.1. The van der Waals surface area contributed by atoms with E-state index >= 15 is 0 Å². The van der Waals surface area contributed by atoms with Gasteiger partial charge in [-0.25, -0.2) is 5.43 Å². The Balaban J connectivity index is 1.77. The smallest absolute Gasteiger partial charge is 0.262 e. The number of hydrazone groups is 1. The molecule has 0 heterocycles. The zero-order chi connectivity index (χ0) is 30.6. The Labute approximate surface area is 261 Å². The molecule has 0 spiro atoms. The summed E-state index contributed by atoms with van der Waals surface area (Å²) in [5, 5.41) is 8.52. The number of nitrogens with one attached hydrogen (secondary N) is 2. The number of amides is 2. The quantitative estimate of drug-likeness (QED) is 0.109. The molecule has 10 heteroatoms. The van der Waals surface area contributed by atoms with Crippen molar-refractivity contribution in [3.63, 3.8) is 0 Å². The molecular weight excluding hydrogens is 597 g/mol. The van der Waals surface area contributed by atoms with Crippen molar-refractivity contribution >= 4 is 52.8 Å². The molecule has 2 amide bonds. The summed E-state index contributed by atoms with van der Waals surface area (Å²) >= 11 is 18.3. The lowest BCUT2D eigenvalue weighted by molar-refractivity contribution is -0.123. The maximum absolute atomic E-state index is 13.0. The van der Waals surface area contributed by atoms with E-state index in [0.717, 1.165) is 11.1 Å². The van der Waals surface area contributed by atoms with Gasteiger partial charge in [-0.2, -0.15) is 5.10 Å². The van der Waals surface area contributed by atoms with Crippen LogP contribution in [0, 0.1) is 5.92 Å². The molecule has 0 saturated heterocycles. The topological polar surface area (TPSA) is 89.0 Å². The molecule has 3 rings (SSSR count). The Hall–Kier alpha value is -3.52. The number of benzene rings is 3. The highest BCUT2D eigenvalue weighted by Crippen LogP contribution is 2.35. The Morgan fingerprint density at radius 1 is 0.976 bits per heavy atom. The van der Waals surface area contributed by atoms with E-state index in [-0.39, 0.29) is 18.4 Å². The van der Waals surface area contributed by atoms with Crippen molar-refractivity contribution in [2.45, 2.75) is 46.3 Å². The summed E-state index contributed by atoms with van der Waals surface area (Å²) in [6.45, 7) is 10.3. The maximum atomic E-state index is 13.0. The van der Waals surface area contributed by atoms with E-state index in [9.17, 15) is 9.59 Å². The molecule has 222 valence electrons. The van der Waals surface area contributed by atoms with Crippen LogP contribution >= 0.6 is 34.8 Å². The molecule has 0 aromatic heterocycles. The maximum Gasteiger partial charge on any atom is 0.262 e. The van der Waals surface area contributed by atoms with Gasteiger partial charge in [-0.15, -0.1) is 6.58 Å². The highest BCUT2D eigenvalue weighted by Gasteiger charge is 2.22. The van der Waals surface area contributed by atoms with Crippen molar-refractivity contribution in [2.24, 2.45) is 11.0 Å². The van der Waals surface area contributed by atoms with Crippen molar-refractivity contribution < 1.29 is 19.1 Å². The molecule has 0 aliphatic rings. The van der Waals surface area contributed by atoms with Crippen LogP contribution in [0.4, 0.5) is 0 Å². The molecule has 1 atom stereocenters. The van der Waals surface area contributed by atoms with Gasteiger partial charge in [0.25, 0.3) is 11.8 Å². The lowest BCUT2D eigenvalue weighted by Crippen LogP contribution is -2.46. The molecule has 7 nitrogen and oxygen atoms in total. The second kappa shape index (κ2) is 16.2. The van der Waals surface area contributed by atoms with Crippen LogP contribution in [-0.2, 0) is 17.8 Å². The fourth-order valence-corrected chi connectivity index (χ4v) is 4.66. The van der Waals surface area contributed by atoms with Crippen LogP contribution in [0.2, 0.25) is 15.1 Å². The molecule has 0 fully saturated rings. The van der Waals surface area contributed by atoms with Crippen LogP contribution in [0.15, 0.2) is 72.4 Å². The fourth-order valence-electron chi connectivity index (χ4n) is 4.07.